The number of rotatable bonds is 8. The summed E-state index contributed by atoms with van der Waals surface area (Å²) in [6, 6.07) is 0. The van der Waals surface area contributed by atoms with E-state index in [1.807, 2.05) is 0 Å². The Morgan fingerprint density at radius 1 is 1.10 bits per heavy atom. The summed E-state index contributed by atoms with van der Waals surface area (Å²) in [6.45, 7) is 10.2. The summed E-state index contributed by atoms with van der Waals surface area (Å²) in [5, 5.41) is 0. The monoisotopic (exact) mass is 296 g/mol. The zero-order valence-corrected chi connectivity index (χ0v) is 14.7. The molecule has 1 fully saturated rings. The predicted octanol–water partition coefficient (Wildman–Crippen LogP) is 2.62. The van der Waals surface area contributed by atoms with Gasteiger partial charge in [0.15, 0.2) is 0 Å². The number of nitrogens with two attached hydrogens (primary N) is 1. The van der Waals surface area contributed by atoms with Crippen molar-refractivity contribution in [1.82, 2.24) is 4.90 Å². The summed E-state index contributed by atoms with van der Waals surface area (Å²) in [4.78, 5) is 2.21. The molecule has 0 aromatic carbocycles. The summed E-state index contributed by atoms with van der Waals surface area (Å²) in [5.74, 6) is 0. The van der Waals surface area contributed by atoms with Crippen LogP contribution in [-0.4, -0.2) is 50.4 Å². The van der Waals surface area contributed by atoms with Crippen molar-refractivity contribution in [2.45, 2.75) is 64.6 Å². The summed E-state index contributed by atoms with van der Waals surface area (Å²) in [7, 11) is 3.99. The molecular formula is C16H33BN2O2. The number of hydrogen-bond acceptors (Lipinski definition) is 4. The average molecular weight is 296 g/mol. The van der Waals surface area contributed by atoms with Gasteiger partial charge in [0, 0.05) is 0 Å². The highest BCUT2D eigenvalue weighted by Gasteiger charge is 2.52. The van der Waals surface area contributed by atoms with Gasteiger partial charge in [-0.25, -0.2) is 0 Å². The first-order valence-corrected chi connectivity index (χ1v) is 8.09. The van der Waals surface area contributed by atoms with Gasteiger partial charge >= 0.3 is 7.12 Å². The van der Waals surface area contributed by atoms with Gasteiger partial charge in [0.05, 0.1) is 11.2 Å². The van der Waals surface area contributed by atoms with Crippen molar-refractivity contribution >= 4 is 7.12 Å². The molecule has 0 radical (unpaired) electrons. The molecule has 2 N–H and O–H groups in total. The third-order valence-corrected chi connectivity index (χ3v) is 4.44. The molecule has 5 heteroatoms. The van der Waals surface area contributed by atoms with Crippen molar-refractivity contribution in [3.05, 3.63) is 11.5 Å². The van der Waals surface area contributed by atoms with Crippen molar-refractivity contribution in [3.8, 4) is 0 Å². The number of nitrogens with zero attached hydrogens (tertiary/aromatic N) is 1. The molecule has 21 heavy (non-hydrogen) atoms. The van der Waals surface area contributed by atoms with Gasteiger partial charge < -0.3 is 19.9 Å². The highest BCUT2D eigenvalue weighted by atomic mass is 16.7. The fourth-order valence-electron chi connectivity index (χ4n) is 2.31. The van der Waals surface area contributed by atoms with Crippen LogP contribution >= 0.6 is 0 Å². The summed E-state index contributed by atoms with van der Waals surface area (Å²) < 4.78 is 12.3. The molecule has 0 aliphatic carbocycles. The number of hydrogen-bond donors (Lipinski definition) is 1. The smallest absolute Gasteiger partial charge is 0.400 e. The molecule has 1 heterocycles. The first-order valence-electron chi connectivity index (χ1n) is 8.09. The summed E-state index contributed by atoms with van der Waals surface area (Å²) in [6.07, 6.45) is 6.43. The Bertz CT molecular complexity index is 338. The summed E-state index contributed by atoms with van der Waals surface area (Å²) in [5.41, 5.74) is 6.36. The SMILES string of the molecule is CN(C)CCCC=C(CCCN)B1OC(C)(C)C(C)(C)O1. The minimum Gasteiger partial charge on any atom is -0.400 e. The van der Waals surface area contributed by atoms with Crippen molar-refractivity contribution in [3.63, 3.8) is 0 Å². The van der Waals surface area contributed by atoms with Gasteiger partial charge in [-0.2, -0.15) is 0 Å². The molecule has 0 spiro atoms. The molecule has 4 nitrogen and oxygen atoms in total. The van der Waals surface area contributed by atoms with Gasteiger partial charge in [-0.15, -0.1) is 0 Å². The molecule has 0 bridgehead atoms. The van der Waals surface area contributed by atoms with Crippen molar-refractivity contribution < 1.29 is 9.31 Å². The van der Waals surface area contributed by atoms with E-state index in [0.29, 0.717) is 6.54 Å². The zero-order chi connectivity index (χ0) is 16.1. The molecule has 1 aliphatic heterocycles. The second-order valence-corrected chi connectivity index (χ2v) is 7.21. The lowest BCUT2D eigenvalue weighted by molar-refractivity contribution is 0.00578. The Hall–Kier alpha value is -0.355. The van der Waals surface area contributed by atoms with E-state index in [4.69, 9.17) is 15.0 Å². The van der Waals surface area contributed by atoms with Crippen LogP contribution in [0, 0.1) is 0 Å². The van der Waals surface area contributed by atoms with E-state index < -0.39 is 0 Å². The molecule has 122 valence electrons. The Morgan fingerprint density at radius 3 is 2.14 bits per heavy atom. The van der Waals surface area contributed by atoms with Crippen LogP contribution in [0.15, 0.2) is 11.5 Å². The average Bonchev–Trinajstić information content (AvgIpc) is 2.57. The Morgan fingerprint density at radius 2 is 1.67 bits per heavy atom. The van der Waals surface area contributed by atoms with E-state index in [1.54, 1.807) is 0 Å². The largest absolute Gasteiger partial charge is 0.490 e. The lowest BCUT2D eigenvalue weighted by Crippen LogP contribution is -2.41. The van der Waals surface area contributed by atoms with Crippen LogP contribution in [0.4, 0.5) is 0 Å². The molecular weight excluding hydrogens is 263 g/mol. The molecule has 0 atom stereocenters. The normalized spacial score (nSPS) is 21.3. The van der Waals surface area contributed by atoms with Gasteiger partial charge in [-0.1, -0.05) is 6.08 Å². The molecule has 0 amide bonds. The van der Waals surface area contributed by atoms with Crippen LogP contribution in [0.3, 0.4) is 0 Å². The van der Waals surface area contributed by atoms with E-state index >= 15 is 0 Å². The van der Waals surface area contributed by atoms with E-state index in [2.05, 4.69) is 52.8 Å². The lowest BCUT2D eigenvalue weighted by Gasteiger charge is -2.32. The van der Waals surface area contributed by atoms with Crippen LogP contribution in [0.25, 0.3) is 0 Å². The molecule has 0 saturated carbocycles. The van der Waals surface area contributed by atoms with Crippen molar-refractivity contribution in [1.29, 1.82) is 0 Å². The van der Waals surface area contributed by atoms with Crippen molar-refractivity contribution in [2.75, 3.05) is 27.2 Å². The third-order valence-electron chi connectivity index (χ3n) is 4.44. The van der Waals surface area contributed by atoms with Gasteiger partial charge in [0.2, 0.25) is 0 Å². The third kappa shape index (κ3) is 5.40. The van der Waals surface area contributed by atoms with Crippen molar-refractivity contribution in [2.24, 2.45) is 5.73 Å². The molecule has 1 saturated heterocycles. The Balaban J connectivity index is 2.68. The van der Waals surface area contributed by atoms with Crippen LogP contribution in [-0.2, 0) is 9.31 Å². The number of allylic oxidation sites excluding steroid dienone is 2. The maximum atomic E-state index is 6.16. The second kappa shape index (κ2) is 7.77. The molecule has 0 unspecified atom stereocenters. The van der Waals surface area contributed by atoms with Crippen LogP contribution in [0.2, 0.25) is 0 Å². The molecule has 0 aromatic rings. The first kappa shape index (κ1) is 18.7. The van der Waals surface area contributed by atoms with Gasteiger partial charge in [0.1, 0.15) is 0 Å². The zero-order valence-electron chi connectivity index (χ0n) is 14.7. The highest BCUT2D eigenvalue weighted by Crippen LogP contribution is 2.39. The molecule has 1 rings (SSSR count). The van der Waals surface area contributed by atoms with Crippen LogP contribution < -0.4 is 5.73 Å². The molecule has 0 aromatic heterocycles. The fraction of sp³-hybridized carbons (Fsp3) is 0.875. The maximum absolute atomic E-state index is 6.16. The van der Waals surface area contributed by atoms with E-state index in [-0.39, 0.29) is 18.3 Å². The molecule has 1 aliphatic rings. The van der Waals surface area contributed by atoms with Crippen LogP contribution in [0.5, 0.6) is 0 Å². The van der Waals surface area contributed by atoms with E-state index in [1.165, 1.54) is 5.47 Å². The minimum atomic E-state index is -0.275. The first-order chi connectivity index (χ1) is 9.69. The Labute approximate surface area is 131 Å². The van der Waals surface area contributed by atoms with Crippen LogP contribution in [0.1, 0.15) is 53.4 Å². The van der Waals surface area contributed by atoms with Gasteiger partial charge in [0.25, 0.3) is 0 Å². The fourth-order valence-corrected chi connectivity index (χ4v) is 2.31. The van der Waals surface area contributed by atoms with E-state index in [9.17, 15) is 0 Å². The van der Waals surface area contributed by atoms with Gasteiger partial charge in [-0.3, -0.25) is 0 Å². The summed E-state index contributed by atoms with van der Waals surface area (Å²) >= 11 is 0. The Kier molecular flexibility index (Phi) is 6.92. The topological polar surface area (TPSA) is 47.7 Å². The van der Waals surface area contributed by atoms with Gasteiger partial charge in [-0.05, 0) is 86.0 Å². The second-order valence-electron chi connectivity index (χ2n) is 7.21. The maximum Gasteiger partial charge on any atom is 0.490 e. The quantitative estimate of drug-likeness (QED) is 0.552. The number of unbranched alkanes of at least 4 members (excludes halogenated alkanes) is 1. The minimum absolute atomic E-state index is 0.221. The predicted molar refractivity (Wildman–Crippen MR) is 90.2 cm³/mol. The van der Waals surface area contributed by atoms with E-state index in [0.717, 1.165) is 32.2 Å². The highest BCUT2D eigenvalue weighted by molar-refractivity contribution is 6.54. The lowest BCUT2D eigenvalue weighted by atomic mass is 9.75. The standard InChI is InChI=1S/C16H33BN2O2/c1-15(2)16(3,4)21-17(20-15)14(11-9-12-18)10-7-8-13-19(5)6/h10H,7-9,11-13,18H2,1-6H3.